The topological polar surface area (TPSA) is 80.8 Å². The third kappa shape index (κ3) is 6.54. The summed E-state index contributed by atoms with van der Waals surface area (Å²) in [5, 5.41) is 5.96. The fourth-order valence-corrected chi connectivity index (χ4v) is 5.76. The van der Waals surface area contributed by atoms with Crippen molar-refractivity contribution in [1.29, 1.82) is 0 Å². The smallest absolute Gasteiger partial charge is 0.414 e. The van der Waals surface area contributed by atoms with Gasteiger partial charge in [-0.2, -0.15) is 0 Å². The lowest BCUT2D eigenvalue weighted by molar-refractivity contribution is 0.0520. The molecule has 38 heavy (non-hydrogen) atoms. The van der Waals surface area contributed by atoms with Crippen molar-refractivity contribution in [2.45, 2.75) is 72.6 Å². The van der Waals surface area contributed by atoms with Crippen molar-refractivity contribution in [3.05, 3.63) is 76.8 Å². The average molecular weight is 538 g/mol. The zero-order chi connectivity index (χ0) is 27.5. The fourth-order valence-electron chi connectivity index (χ4n) is 5.04. The highest BCUT2D eigenvalue weighted by molar-refractivity contribution is 7.13. The Bertz CT molecular complexity index is 1170. The molecule has 5 rings (SSSR count). The minimum absolute atomic E-state index is 0.0110. The van der Waals surface area contributed by atoms with E-state index in [0.717, 1.165) is 36.1 Å². The van der Waals surface area contributed by atoms with E-state index in [0.29, 0.717) is 17.4 Å². The third-order valence-electron chi connectivity index (χ3n) is 6.49. The third-order valence-corrected chi connectivity index (χ3v) is 7.27. The maximum Gasteiger partial charge on any atom is 0.414 e. The summed E-state index contributed by atoms with van der Waals surface area (Å²) in [7, 11) is 0. The molecule has 7 nitrogen and oxygen atoms in total. The lowest BCUT2D eigenvalue weighted by Gasteiger charge is -2.43. The van der Waals surface area contributed by atoms with Crippen LogP contribution in [0.15, 0.2) is 60.0 Å². The number of amides is 1. The van der Waals surface area contributed by atoms with Crippen LogP contribution in [-0.4, -0.2) is 29.7 Å². The second kappa shape index (κ2) is 14.5. The number of esters is 1. The summed E-state index contributed by atoms with van der Waals surface area (Å²) in [6.45, 7) is 10.3. The number of nitrogens with one attached hydrogen (secondary N) is 1. The Balaban J connectivity index is 0.000000956. The highest BCUT2D eigenvalue weighted by atomic mass is 32.1. The Morgan fingerprint density at radius 3 is 2.45 bits per heavy atom. The predicted octanol–water partition coefficient (Wildman–Crippen LogP) is 7.85. The molecule has 1 aliphatic carbocycles. The molecule has 1 saturated carbocycles. The standard InChI is InChI=1S/C26H27N3O4S.2C2H6/c1-2-32-24(30)20-16-34-25(27-20)28-23-18-11-6-7-13-21(18)29(22-14-8-12-19(22)23)26(31)33-15-17-9-4-3-5-10-17;2*1-2/h3-7,9-11,13,16,19,22-23H,2,8,12,14-15H2,1H3,(H,27,28);2*1-2H3. The molecule has 0 spiro atoms. The number of hydrogen-bond acceptors (Lipinski definition) is 7. The van der Waals surface area contributed by atoms with E-state index in [9.17, 15) is 9.59 Å². The van der Waals surface area contributed by atoms with Crippen molar-refractivity contribution in [1.82, 2.24) is 4.98 Å². The number of aromatic nitrogens is 1. The van der Waals surface area contributed by atoms with Gasteiger partial charge < -0.3 is 14.8 Å². The van der Waals surface area contributed by atoms with Crippen molar-refractivity contribution in [2.75, 3.05) is 16.8 Å². The number of fused-ring (bicyclic) bond motifs is 2. The normalized spacial score (nSPS) is 19.0. The van der Waals surface area contributed by atoms with Gasteiger partial charge in [0.15, 0.2) is 10.8 Å². The highest BCUT2D eigenvalue weighted by Gasteiger charge is 2.46. The van der Waals surface area contributed by atoms with Gasteiger partial charge in [0.05, 0.1) is 18.3 Å². The van der Waals surface area contributed by atoms with Crippen LogP contribution in [0.3, 0.4) is 0 Å². The molecule has 1 aliphatic heterocycles. The summed E-state index contributed by atoms with van der Waals surface area (Å²) in [5.41, 5.74) is 3.18. The minimum atomic E-state index is -0.415. The van der Waals surface area contributed by atoms with Crippen LogP contribution in [0.1, 0.15) is 81.5 Å². The number of nitrogens with zero attached hydrogens (tertiary/aromatic N) is 2. The van der Waals surface area contributed by atoms with Crippen molar-refractivity contribution in [3.63, 3.8) is 0 Å². The molecule has 204 valence electrons. The van der Waals surface area contributed by atoms with E-state index in [2.05, 4.69) is 16.4 Å². The number of rotatable bonds is 6. The number of ether oxygens (including phenoxy) is 2. The van der Waals surface area contributed by atoms with Gasteiger partial charge in [0.1, 0.15) is 6.61 Å². The second-order valence-electron chi connectivity index (χ2n) is 8.51. The van der Waals surface area contributed by atoms with Gasteiger partial charge in [-0.05, 0) is 37.0 Å². The highest BCUT2D eigenvalue weighted by Crippen LogP contribution is 2.49. The predicted molar refractivity (Wildman–Crippen MR) is 154 cm³/mol. The van der Waals surface area contributed by atoms with Crippen molar-refractivity contribution in [3.8, 4) is 0 Å². The molecule has 0 bridgehead atoms. The minimum Gasteiger partial charge on any atom is -0.461 e. The van der Waals surface area contributed by atoms with Gasteiger partial charge in [-0.15, -0.1) is 11.3 Å². The van der Waals surface area contributed by atoms with E-state index in [1.165, 1.54) is 11.3 Å². The van der Waals surface area contributed by atoms with Crippen LogP contribution >= 0.6 is 11.3 Å². The molecule has 1 aromatic heterocycles. The Hall–Kier alpha value is -3.39. The molecule has 0 radical (unpaired) electrons. The molecule has 1 amide bonds. The second-order valence-corrected chi connectivity index (χ2v) is 9.37. The molecule has 8 heteroatoms. The number of hydrogen-bond donors (Lipinski definition) is 1. The summed E-state index contributed by atoms with van der Waals surface area (Å²) in [6, 6.07) is 17.7. The number of carbonyl (C=O) groups is 2. The Morgan fingerprint density at radius 1 is 1.00 bits per heavy atom. The summed E-state index contributed by atoms with van der Waals surface area (Å²) in [5.74, 6) is -0.198. The van der Waals surface area contributed by atoms with Crippen LogP contribution in [0.25, 0.3) is 0 Å². The first-order valence-electron chi connectivity index (χ1n) is 13.6. The molecule has 2 heterocycles. The van der Waals surface area contributed by atoms with E-state index >= 15 is 0 Å². The molecule has 1 fully saturated rings. The van der Waals surface area contributed by atoms with E-state index < -0.39 is 5.97 Å². The number of para-hydroxylation sites is 1. The van der Waals surface area contributed by atoms with Gasteiger partial charge in [-0.3, -0.25) is 4.90 Å². The van der Waals surface area contributed by atoms with Crippen LogP contribution < -0.4 is 10.2 Å². The van der Waals surface area contributed by atoms with Crippen LogP contribution in [0.5, 0.6) is 0 Å². The molecule has 3 aromatic rings. The first-order chi connectivity index (χ1) is 18.7. The van der Waals surface area contributed by atoms with E-state index in [-0.39, 0.29) is 30.7 Å². The first kappa shape index (κ1) is 29.2. The molecule has 1 N–H and O–H groups in total. The molecule has 2 aromatic carbocycles. The van der Waals surface area contributed by atoms with E-state index in [1.807, 2.05) is 81.1 Å². The molecule has 3 unspecified atom stereocenters. The molecule has 0 saturated heterocycles. The fraction of sp³-hybridized carbons (Fsp3) is 0.433. The zero-order valence-electron chi connectivity index (χ0n) is 23.0. The van der Waals surface area contributed by atoms with Gasteiger partial charge in [0.2, 0.25) is 0 Å². The monoisotopic (exact) mass is 537 g/mol. The van der Waals surface area contributed by atoms with Crippen LogP contribution in [0, 0.1) is 5.92 Å². The van der Waals surface area contributed by atoms with E-state index in [4.69, 9.17) is 9.47 Å². The Morgan fingerprint density at radius 2 is 1.71 bits per heavy atom. The van der Waals surface area contributed by atoms with E-state index in [1.54, 1.807) is 12.3 Å². The van der Waals surface area contributed by atoms with Crippen molar-refractivity contribution < 1.29 is 19.1 Å². The quantitative estimate of drug-likeness (QED) is 0.323. The molecular weight excluding hydrogens is 498 g/mol. The van der Waals surface area contributed by atoms with Crippen LogP contribution in [-0.2, 0) is 16.1 Å². The van der Waals surface area contributed by atoms with Gasteiger partial charge in [-0.1, -0.05) is 82.6 Å². The van der Waals surface area contributed by atoms with Crippen molar-refractivity contribution in [2.24, 2.45) is 5.92 Å². The van der Waals surface area contributed by atoms with Crippen LogP contribution in [0.4, 0.5) is 15.6 Å². The average Bonchev–Trinajstić information content (AvgIpc) is 3.65. The Kier molecular flexibility index (Phi) is 11.1. The summed E-state index contributed by atoms with van der Waals surface area (Å²) in [6.07, 6.45) is 2.64. The van der Waals surface area contributed by atoms with Gasteiger partial charge in [0.25, 0.3) is 0 Å². The van der Waals surface area contributed by atoms with Gasteiger partial charge >= 0.3 is 12.1 Å². The summed E-state index contributed by atoms with van der Waals surface area (Å²) in [4.78, 5) is 31.7. The number of anilines is 2. The Labute approximate surface area is 230 Å². The first-order valence-corrected chi connectivity index (χ1v) is 14.5. The van der Waals surface area contributed by atoms with Gasteiger partial charge in [0, 0.05) is 17.3 Å². The largest absolute Gasteiger partial charge is 0.461 e. The van der Waals surface area contributed by atoms with Crippen molar-refractivity contribution >= 4 is 34.2 Å². The summed E-state index contributed by atoms with van der Waals surface area (Å²) >= 11 is 1.39. The summed E-state index contributed by atoms with van der Waals surface area (Å²) < 4.78 is 10.8. The molecule has 2 aliphatic rings. The lowest BCUT2D eigenvalue weighted by Crippen LogP contribution is -2.49. The SMILES string of the molecule is CC.CC.CCOC(=O)c1csc(NC2c3ccccc3N(C(=O)OCc3ccccc3)C3CCCC23)n1. The lowest BCUT2D eigenvalue weighted by atomic mass is 9.83. The maximum atomic E-state index is 13.3. The number of thiazole rings is 1. The number of benzene rings is 2. The molecular formula is C30H39N3O4S. The molecule has 3 atom stereocenters. The van der Waals surface area contributed by atoms with Gasteiger partial charge in [-0.25, -0.2) is 14.6 Å². The van der Waals surface area contributed by atoms with Crippen LogP contribution in [0.2, 0.25) is 0 Å². The number of carbonyl (C=O) groups excluding carboxylic acids is 2. The maximum absolute atomic E-state index is 13.3. The zero-order valence-corrected chi connectivity index (χ0v) is 23.8.